The number of benzene rings is 1. The number of aromatic nitrogens is 2. The summed E-state index contributed by atoms with van der Waals surface area (Å²) in [6.07, 6.45) is 0. The Morgan fingerprint density at radius 3 is 2.36 bits per heavy atom. The number of rotatable bonds is 4. The molecule has 0 atom stereocenters. The largest absolute Gasteiger partial charge is 0.438 e. The molecule has 0 saturated carbocycles. The monoisotopic (exact) mass is 402 g/mol. The molecule has 0 radical (unpaired) electrons. The van der Waals surface area contributed by atoms with Crippen molar-refractivity contribution in [2.75, 3.05) is 31.1 Å². The zero-order chi connectivity index (χ0) is 19.9. The van der Waals surface area contributed by atoms with E-state index in [1.807, 2.05) is 0 Å². The second kappa shape index (κ2) is 7.06. The molecule has 0 amide bonds. The molecule has 28 heavy (non-hydrogen) atoms. The minimum absolute atomic E-state index is 0.112. The van der Waals surface area contributed by atoms with Crippen LogP contribution in [-0.2, 0) is 10.0 Å². The fraction of sp³-hybridized carbons (Fsp3) is 0.368. The summed E-state index contributed by atoms with van der Waals surface area (Å²) in [5.74, 6) is 0.797. The van der Waals surface area contributed by atoms with Gasteiger partial charge < -0.3 is 13.7 Å². The molecule has 0 spiro atoms. The van der Waals surface area contributed by atoms with Crippen molar-refractivity contribution in [3.8, 4) is 11.7 Å². The minimum Gasteiger partial charge on any atom is -0.438 e. The van der Waals surface area contributed by atoms with E-state index in [1.54, 1.807) is 6.92 Å². The van der Waals surface area contributed by atoms with Crippen molar-refractivity contribution in [2.24, 2.45) is 0 Å². The molecule has 1 fully saturated rings. The molecule has 1 aliphatic heterocycles. The normalized spacial score (nSPS) is 15.9. The fourth-order valence-electron chi connectivity index (χ4n) is 3.33. The van der Waals surface area contributed by atoms with Crippen molar-refractivity contribution in [1.82, 2.24) is 14.5 Å². The van der Waals surface area contributed by atoms with E-state index in [2.05, 4.69) is 47.1 Å². The number of hydrogen-bond donors (Lipinski definition) is 0. The molecule has 148 valence electrons. The van der Waals surface area contributed by atoms with Gasteiger partial charge in [0.25, 0.3) is 15.9 Å². The zero-order valence-corrected chi connectivity index (χ0v) is 16.9. The van der Waals surface area contributed by atoms with Crippen LogP contribution in [0.1, 0.15) is 17.0 Å². The van der Waals surface area contributed by atoms with E-state index in [1.165, 1.54) is 27.6 Å². The first-order valence-corrected chi connectivity index (χ1v) is 10.5. The number of aryl methyl sites for hydroxylation is 3. The van der Waals surface area contributed by atoms with E-state index in [0.29, 0.717) is 32.1 Å². The topological polar surface area (TPSA) is 92.7 Å². The number of nitrogens with zero attached hydrogens (tertiary/aromatic N) is 4. The maximum absolute atomic E-state index is 12.9. The van der Waals surface area contributed by atoms with E-state index in [0.717, 1.165) is 5.69 Å². The van der Waals surface area contributed by atoms with Crippen LogP contribution in [0.15, 0.2) is 44.3 Å². The first kappa shape index (κ1) is 18.7. The highest BCUT2D eigenvalue weighted by molar-refractivity contribution is 7.89. The van der Waals surface area contributed by atoms with Crippen molar-refractivity contribution in [3.63, 3.8) is 0 Å². The first-order chi connectivity index (χ1) is 13.3. The second-order valence-corrected chi connectivity index (χ2v) is 8.79. The highest BCUT2D eigenvalue weighted by Gasteiger charge is 2.32. The maximum atomic E-state index is 12.9. The van der Waals surface area contributed by atoms with Gasteiger partial charge in [0.05, 0.1) is 0 Å². The number of furan rings is 1. The van der Waals surface area contributed by atoms with E-state index in [4.69, 9.17) is 8.83 Å². The molecule has 1 aliphatic rings. The fourth-order valence-corrected chi connectivity index (χ4v) is 4.66. The van der Waals surface area contributed by atoms with Gasteiger partial charge in [-0.25, -0.2) is 8.42 Å². The van der Waals surface area contributed by atoms with Gasteiger partial charge >= 0.3 is 0 Å². The Labute approximate surface area is 163 Å². The predicted molar refractivity (Wildman–Crippen MR) is 104 cm³/mol. The Balaban J connectivity index is 1.49. The number of hydrogen-bond acceptors (Lipinski definition) is 7. The van der Waals surface area contributed by atoms with Crippen molar-refractivity contribution in [3.05, 3.63) is 47.3 Å². The third-order valence-corrected chi connectivity index (χ3v) is 6.63. The number of sulfonamides is 1. The van der Waals surface area contributed by atoms with Crippen molar-refractivity contribution >= 4 is 15.7 Å². The van der Waals surface area contributed by atoms with Crippen LogP contribution >= 0.6 is 0 Å². The third-order valence-electron chi connectivity index (χ3n) is 4.86. The Morgan fingerprint density at radius 2 is 1.68 bits per heavy atom. The first-order valence-electron chi connectivity index (χ1n) is 9.07. The molecular formula is C19H22N4O4S. The molecule has 3 heterocycles. The van der Waals surface area contributed by atoms with Crippen LogP contribution in [0, 0.1) is 20.8 Å². The summed E-state index contributed by atoms with van der Waals surface area (Å²) in [7, 11) is -3.72. The van der Waals surface area contributed by atoms with Gasteiger partial charge in [-0.15, -0.1) is 10.2 Å². The Morgan fingerprint density at radius 1 is 0.929 bits per heavy atom. The smallest absolute Gasteiger partial charge is 0.283 e. The number of piperazine rings is 1. The van der Waals surface area contributed by atoms with Crippen LogP contribution in [0.25, 0.3) is 11.7 Å². The predicted octanol–water partition coefficient (Wildman–Crippen LogP) is 2.77. The standard InChI is InChI=1S/C19H22N4O4S/c1-13-4-5-14(2)16(12-13)22-8-10-23(11-9-22)28(24,25)18-7-6-17(27-18)19-21-20-15(3)26-19/h4-7,12H,8-11H2,1-3H3. The lowest BCUT2D eigenvalue weighted by molar-refractivity contribution is 0.361. The van der Waals surface area contributed by atoms with Gasteiger partial charge in [0.2, 0.25) is 11.0 Å². The van der Waals surface area contributed by atoms with Crippen LogP contribution in [0.2, 0.25) is 0 Å². The molecule has 9 heteroatoms. The molecule has 1 saturated heterocycles. The average Bonchev–Trinajstić information content (AvgIpc) is 3.33. The summed E-state index contributed by atoms with van der Waals surface area (Å²) in [5, 5.41) is 7.48. The van der Waals surface area contributed by atoms with Crippen LogP contribution in [0.4, 0.5) is 5.69 Å². The van der Waals surface area contributed by atoms with Crippen molar-refractivity contribution in [2.45, 2.75) is 25.9 Å². The van der Waals surface area contributed by atoms with Crippen LogP contribution < -0.4 is 4.90 Å². The molecular weight excluding hydrogens is 380 g/mol. The lowest BCUT2D eigenvalue weighted by atomic mass is 10.1. The summed E-state index contributed by atoms with van der Waals surface area (Å²) < 4.78 is 38.2. The molecule has 4 rings (SSSR count). The molecule has 0 N–H and O–H groups in total. The lowest BCUT2D eigenvalue weighted by Crippen LogP contribution is -2.48. The van der Waals surface area contributed by atoms with Crippen molar-refractivity contribution < 1.29 is 17.3 Å². The van der Waals surface area contributed by atoms with Gasteiger partial charge in [0, 0.05) is 38.8 Å². The second-order valence-electron chi connectivity index (χ2n) is 6.93. The van der Waals surface area contributed by atoms with Gasteiger partial charge in [-0.05, 0) is 43.2 Å². The molecule has 0 bridgehead atoms. The van der Waals surface area contributed by atoms with Crippen LogP contribution in [-0.4, -0.2) is 49.1 Å². The quantitative estimate of drug-likeness (QED) is 0.662. The molecule has 1 aromatic carbocycles. The molecule has 0 aliphatic carbocycles. The Hall–Kier alpha value is -2.65. The van der Waals surface area contributed by atoms with E-state index in [9.17, 15) is 8.42 Å². The highest BCUT2D eigenvalue weighted by Crippen LogP contribution is 2.28. The van der Waals surface area contributed by atoms with Gasteiger partial charge in [0.15, 0.2) is 5.76 Å². The van der Waals surface area contributed by atoms with Gasteiger partial charge in [-0.3, -0.25) is 0 Å². The lowest BCUT2D eigenvalue weighted by Gasteiger charge is -2.35. The SMILES string of the molecule is Cc1ccc(C)c(N2CCN(S(=O)(=O)c3ccc(-c4nnc(C)o4)o3)CC2)c1. The Bertz CT molecular complexity index is 1090. The van der Waals surface area contributed by atoms with Crippen LogP contribution in [0.3, 0.4) is 0 Å². The summed E-state index contributed by atoms with van der Waals surface area (Å²) >= 11 is 0. The Kier molecular flexibility index (Phi) is 4.72. The average molecular weight is 402 g/mol. The molecule has 3 aromatic rings. The summed E-state index contributed by atoms with van der Waals surface area (Å²) in [6, 6.07) is 9.29. The van der Waals surface area contributed by atoms with E-state index >= 15 is 0 Å². The summed E-state index contributed by atoms with van der Waals surface area (Å²) in [4.78, 5) is 2.23. The van der Waals surface area contributed by atoms with E-state index in [-0.39, 0.29) is 16.7 Å². The third kappa shape index (κ3) is 3.43. The zero-order valence-electron chi connectivity index (χ0n) is 16.0. The minimum atomic E-state index is -3.72. The van der Waals surface area contributed by atoms with E-state index < -0.39 is 10.0 Å². The highest BCUT2D eigenvalue weighted by atomic mass is 32.2. The van der Waals surface area contributed by atoms with Gasteiger partial charge in [-0.2, -0.15) is 4.31 Å². The van der Waals surface area contributed by atoms with Crippen LogP contribution in [0.5, 0.6) is 0 Å². The summed E-state index contributed by atoms with van der Waals surface area (Å²) in [6.45, 7) is 7.83. The molecule has 0 unspecified atom stereocenters. The van der Waals surface area contributed by atoms with Crippen molar-refractivity contribution in [1.29, 1.82) is 0 Å². The molecule has 8 nitrogen and oxygen atoms in total. The van der Waals surface area contributed by atoms with Gasteiger partial charge in [-0.1, -0.05) is 12.1 Å². The van der Waals surface area contributed by atoms with Gasteiger partial charge in [0.1, 0.15) is 0 Å². The molecule has 2 aromatic heterocycles. The number of anilines is 1. The maximum Gasteiger partial charge on any atom is 0.283 e. The summed E-state index contributed by atoms with van der Waals surface area (Å²) in [5.41, 5.74) is 3.53.